The van der Waals surface area contributed by atoms with E-state index < -0.39 is 0 Å². The van der Waals surface area contributed by atoms with Crippen molar-refractivity contribution >= 4 is 51.3 Å². The average Bonchev–Trinajstić information content (AvgIpc) is 3.16. The molecule has 1 aliphatic heterocycles. The second-order valence-electron chi connectivity index (χ2n) is 8.36. The zero-order valence-electron chi connectivity index (χ0n) is 16.7. The van der Waals surface area contributed by atoms with Crippen molar-refractivity contribution < 1.29 is 14.3 Å². The Balaban J connectivity index is 1.27. The average molecular weight is 499 g/mol. The number of hydrogen-bond acceptors (Lipinski definition) is 5. The molecule has 1 heterocycles. The summed E-state index contributed by atoms with van der Waals surface area (Å²) in [4.78, 5) is 25.0. The summed E-state index contributed by atoms with van der Waals surface area (Å²) in [5, 5.41) is 2.92. The number of esters is 1. The molecule has 3 fully saturated rings. The van der Waals surface area contributed by atoms with Gasteiger partial charge in [-0.1, -0.05) is 34.5 Å². The topological polar surface area (TPSA) is 55.4 Å². The van der Waals surface area contributed by atoms with Crippen molar-refractivity contribution in [1.29, 1.82) is 0 Å². The maximum atomic E-state index is 12.7. The molecule has 158 valence electrons. The molecule has 4 atom stereocenters. The van der Waals surface area contributed by atoms with Crippen LogP contribution in [0.25, 0.3) is 0 Å². The van der Waals surface area contributed by atoms with Crippen molar-refractivity contribution in [2.45, 2.75) is 49.1 Å². The normalized spacial score (nSPS) is 28.7. The van der Waals surface area contributed by atoms with Crippen LogP contribution < -0.4 is 5.32 Å². The predicted octanol–water partition coefficient (Wildman–Crippen LogP) is 5.17. The standard InChI is InChI=1S/C22H28BrNO3S2/c1-14(15-5-7-19(23)8-6-15)24-20(25)13-27-21(26)16-11-17-3-2-4-18(12-16)22(17)28-9-10-29-22/h5-8,14,16-18H,2-4,9-13H2,1H3,(H,24,25)/t14-,16?,17-,18+/m0/s1. The summed E-state index contributed by atoms with van der Waals surface area (Å²) in [5.74, 6) is 3.22. The quantitative estimate of drug-likeness (QED) is 0.568. The maximum absolute atomic E-state index is 12.7. The van der Waals surface area contributed by atoms with Gasteiger partial charge in [0.25, 0.3) is 5.91 Å². The van der Waals surface area contributed by atoms with Gasteiger partial charge in [0, 0.05) is 16.0 Å². The number of carbonyl (C=O) groups is 2. The highest BCUT2D eigenvalue weighted by Gasteiger charge is 2.55. The molecular formula is C22H28BrNO3S2. The van der Waals surface area contributed by atoms with Crippen molar-refractivity contribution in [2.24, 2.45) is 17.8 Å². The predicted molar refractivity (Wildman–Crippen MR) is 123 cm³/mol. The molecule has 2 bridgehead atoms. The minimum Gasteiger partial charge on any atom is -0.455 e. The van der Waals surface area contributed by atoms with Crippen LogP contribution in [0.1, 0.15) is 50.6 Å². The Kier molecular flexibility index (Phi) is 6.86. The number of nitrogens with one attached hydrogen (secondary N) is 1. The lowest BCUT2D eigenvalue weighted by atomic mass is 9.67. The van der Waals surface area contributed by atoms with Crippen molar-refractivity contribution in [3.63, 3.8) is 0 Å². The molecule has 1 N–H and O–H groups in total. The molecule has 7 heteroatoms. The molecule has 2 aliphatic carbocycles. The first kappa shape index (κ1) is 21.6. The molecule has 1 aromatic carbocycles. The van der Waals surface area contributed by atoms with Crippen molar-refractivity contribution in [3.8, 4) is 0 Å². The molecule has 1 saturated heterocycles. The minimum absolute atomic E-state index is 0.0468. The van der Waals surface area contributed by atoms with Crippen molar-refractivity contribution in [1.82, 2.24) is 5.32 Å². The van der Waals surface area contributed by atoms with Crippen LogP contribution in [0.5, 0.6) is 0 Å². The van der Waals surface area contributed by atoms with Gasteiger partial charge in [-0.3, -0.25) is 9.59 Å². The second kappa shape index (κ2) is 9.23. The van der Waals surface area contributed by atoms with Gasteiger partial charge in [-0.05, 0) is 62.1 Å². The third-order valence-electron chi connectivity index (χ3n) is 6.55. The van der Waals surface area contributed by atoms with Crippen molar-refractivity contribution in [3.05, 3.63) is 34.3 Å². The Labute approximate surface area is 189 Å². The molecule has 1 aromatic rings. The number of amides is 1. The molecule has 0 radical (unpaired) electrons. The van der Waals surface area contributed by atoms with Crippen LogP contribution in [-0.2, 0) is 14.3 Å². The van der Waals surface area contributed by atoms with Crippen LogP contribution >= 0.6 is 39.5 Å². The molecule has 4 rings (SSSR count). The van der Waals surface area contributed by atoms with Gasteiger partial charge in [-0.2, -0.15) is 0 Å². The Morgan fingerprint density at radius 3 is 2.41 bits per heavy atom. The zero-order valence-corrected chi connectivity index (χ0v) is 19.9. The van der Waals surface area contributed by atoms with Gasteiger partial charge in [0.15, 0.2) is 6.61 Å². The van der Waals surface area contributed by atoms with Crippen LogP contribution in [0.2, 0.25) is 0 Å². The lowest BCUT2D eigenvalue weighted by Gasteiger charge is -2.51. The number of ether oxygens (including phenoxy) is 1. The van der Waals surface area contributed by atoms with E-state index in [-0.39, 0.29) is 30.4 Å². The van der Waals surface area contributed by atoms with E-state index in [4.69, 9.17) is 4.74 Å². The van der Waals surface area contributed by atoms with Gasteiger partial charge in [0.2, 0.25) is 0 Å². The van der Waals surface area contributed by atoms with Gasteiger partial charge in [-0.15, -0.1) is 23.5 Å². The first-order valence-corrected chi connectivity index (χ1v) is 13.2. The first-order chi connectivity index (χ1) is 14.0. The van der Waals surface area contributed by atoms with E-state index in [2.05, 4.69) is 44.8 Å². The number of benzene rings is 1. The summed E-state index contributed by atoms with van der Waals surface area (Å²) in [6.07, 6.45) is 5.59. The Bertz CT molecular complexity index is 735. The van der Waals surface area contributed by atoms with Crippen LogP contribution in [0, 0.1) is 17.8 Å². The first-order valence-electron chi connectivity index (χ1n) is 10.5. The summed E-state index contributed by atoms with van der Waals surface area (Å²) in [7, 11) is 0. The van der Waals surface area contributed by atoms with Crippen LogP contribution in [0.4, 0.5) is 0 Å². The van der Waals surface area contributed by atoms with E-state index in [9.17, 15) is 9.59 Å². The Hall–Kier alpha value is -0.660. The van der Waals surface area contributed by atoms with Crippen LogP contribution in [0.3, 0.4) is 0 Å². The highest BCUT2D eigenvalue weighted by atomic mass is 79.9. The number of hydrogen-bond donors (Lipinski definition) is 1. The van der Waals surface area contributed by atoms with Gasteiger partial charge >= 0.3 is 5.97 Å². The third-order valence-corrected chi connectivity index (χ3v) is 11.1. The summed E-state index contributed by atoms with van der Waals surface area (Å²) in [5.41, 5.74) is 1.02. The fourth-order valence-corrected chi connectivity index (χ4v) is 9.38. The summed E-state index contributed by atoms with van der Waals surface area (Å²) < 4.78 is 6.80. The van der Waals surface area contributed by atoms with E-state index in [1.165, 1.54) is 30.8 Å². The molecule has 1 spiro atoms. The Morgan fingerprint density at radius 2 is 1.79 bits per heavy atom. The molecule has 0 aromatic heterocycles. The van der Waals surface area contributed by atoms with Crippen molar-refractivity contribution in [2.75, 3.05) is 18.1 Å². The summed E-state index contributed by atoms with van der Waals surface area (Å²) in [6.45, 7) is 1.74. The van der Waals surface area contributed by atoms with Gasteiger partial charge in [0.05, 0.1) is 16.0 Å². The number of carbonyl (C=O) groups excluding carboxylic acids is 2. The van der Waals surface area contributed by atoms with Gasteiger partial charge in [-0.25, -0.2) is 0 Å². The highest BCUT2D eigenvalue weighted by molar-refractivity contribution is 9.10. The Morgan fingerprint density at radius 1 is 1.17 bits per heavy atom. The number of rotatable bonds is 5. The monoisotopic (exact) mass is 497 g/mol. The SMILES string of the molecule is C[C@H](NC(=O)COC(=O)C1C[C@H]2CCC[C@@H](C1)C21SCCS1)c1ccc(Br)cc1. The van der Waals surface area contributed by atoms with Gasteiger partial charge < -0.3 is 10.1 Å². The van der Waals surface area contributed by atoms with E-state index in [0.717, 1.165) is 22.9 Å². The van der Waals surface area contributed by atoms with Crippen LogP contribution in [0.15, 0.2) is 28.7 Å². The molecule has 29 heavy (non-hydrogen) atoms. The maximum Gasteiger partial charge on any atom is 0.309 e. The smallest absolute Gasteiger partial charge is 0.309 e. The van der Waals surface area contributed by atoms with E-state index in [0.29, 0.717) is 15.9 Å². The van der Waals surface area contributed by atoms with E-state index in [1.54, 1.807) is 0 Å². The minimum atomic E-state index is -0.247. The fraction of sp³-hybridized carbons (Fsp3) is 0.636. The summed E-state index contributed by atoms with van der Waals surface area (Å²) >= 11 is 7.69. The largest absolute Gasteiger partial charge is 0.455 e. The molecule has 1 amide bonds. The third kappa shape index (κ3) is 4.67. The molecule has 1 unspecified atom stereocenters. The number of halogens is 1. The van der Waals surface area contributed by atoms with E-state index >= 15 is 0 Å². The van der Waals surface area contributed by atoms with Crippen LogP contribution in [-0.4, -0.2) is 34.1 Å². The fourth-order valence-electron chi connectivity index (χ4n) is 5.17. The van der Waals surface area contributed by atoms with Gasteiger partial charge in [0.1, 0.15) is 0 Å². The molecule has 4 nitrogen and oxygen atoms in total. The van der Waals surface area contributed by atoms with E-state index in [1.807, 2.05) is 31.2 Å². The zero-order chi connectivity index (χ0) is 20.4. The summed E-state index contributed by atoms with van der Waals surface area (Å²) in [6, 6.07) is 7.71. The lowest BCUT2D eigenvalue weighted by Crippen LogP contribution is -2.48. The number of thioether (sulfide) groups is 2. The molecular weight excluding hydrogens is 470 g/mol. The molecule has 2 saturated carbocycles. The second-order valence-corrected chi connectivity index (χ2v) is 12.3. The lowest BCUT2D eigenvalue weighted by molar-refractivity contribution is -0.155. The molecule has 3 aliphatic rings. The highest BCUT2D eigenvalue weighted by Crippen LogP contribution is 2.64.